The zero-order valence-electron chi connectivity index (χ0n) is 7.17. The van der Waals surface area contributed by atoms with Gasteiger partial charge in [-0.2, -0.15) is 0 Å². The maximum absolute atomic E-state index is 11.2. The highest BCUT2D eigenvalue weighted by molar-refractivity contribution is 6.05. The highest BCUT2D eigenvalue weighted by Crippen LogP contribution is 2.25. The summed E-state index contributed by atoms with van der Waals surface area (Å²) in [5.74, 6) is -0.600. The minimum absolute atomic E-state index is 0.130. The molecule has 0 spiro atoms. The first-order valence-corrected chi connectivity index (χ1v) is 4.16. The predicted molar refractivity (Wildman–Crippen MR) is 45.2 cm³/mol. The summed E-state index contributed by atoms with van der Waals surface area (Å²) in [6.07, 6.45) is 3.00. The van der Waals surface area contributed by atoms with E-state index < -0.39 is 0 Å². The molecule has 0 aromatic heterocycles. The van der Waals surface area contributed by atoms with Crippen molar-refractivity contribution in [2.45, 2.75) is 19.8 Å². The smallest absolute Gasteiger partial charge is 0.230 e. The Morgan fingerprint density at radius 2 is 2.00 bits per heavy atom. The van der Waals surface area contributed by atoms with Crippen LogP contribution in [-0.4, -0.2) is 11.8 Å². The van der Waals surface area contributed by atoms with Gasteiger partial charge in [0.1, 0.15) is 0 Å². The van der Waals surface area contributed by atoms with Gasteiger partial charge in [-0.15, -0.1) is 6.58 Å². The maximum Gasteiger partial charge on any atom is 0.230 e. The second kappa shape index (κ2) is 3.52. The van der Waals surface area contributed by atoms with Crippen LogP contribution in [-0.2, 0) is 9.59 Å². The van der Waals surface area contributed by atoms with Crippen LogP contribution in [0.5, 0.6) is 0 Å². The minimum Gasteiger partial charge on any atom is -0.296 e. The molecule has 0 aromatic rings. The summed E-state index contributed by atoms with van der Waals surface area (Å²) in [6, 6.07) is 0. The van der Waals surface area contributed by atoms with E-state index in [1.54, 1.807) is 6.08 Å². The Balaban J connectivity index is 2.74. The first kappa shape index (κ1) is 8.97. The molecule has 1 fully saturated rings. The standard InChI is InChI=1S/C9H13NO2/c1-3-5-7-6(4-2)8(11)10-9(7)12/h3,6-7H,1,4-5H2,2H3,(H,10,11,12). The van der Waals surface area contributed by atoms with Crippen molar-refractivity contribution in [2.24, 2.45) is 11.8 Å². The monoisotopic (exact) mass is 167 g/mol. The van der Waals surface area contributed by atoms with Gasteiger partial charge in [-0.3, -0.25) is 14.9 Å². The lowest BCUT2D eigenvalue weighted by Gasteiger charge is -2.09. The number of carbonyl (C=O) groups is 2. The largest absolute Gasteiger partial charge is 0.296 e. The topological polar surface area (TPSA) is 46.2 Å². The van der Waals surface area contributed by atoms with Gasteiger partial charge >= 0.3 is 0 Å². The molecule has 0 radical (unpaired) electrons. The zero-order valence-corrected chi connectivity index (χ0v) is 7.17. The van der Waals surface area contributed by atoms with E-state index in [2.05, 4.69) is 11.9 Å². The summed E-state index contributed by atoms with van der Waals surface area (Å²) in [7, 11) is 0. The lowest BCUT2D eigenvalue weighted by atomic mass is 9.90. The highest BCUT2D eigenvalue weighted by atomic mass is 16.2. The Bertz CT molecular complexity index is 223. The number of nitrogens with one attached hydrogen (secondary N) is 1. The van der Waals surface area contributed by atoms with Crippen LogP contribution in [0.4, 0.5) is 0 Å². The third kappa shape index (κ3) is 1.40. The van der Waals surface area contributed by atoms with Crippen molar-refractivity contribution in [3.05, 3.63) is 12.7 Å². The van der Waals surface area contributed by atoms with E-state index in [1.165, 1.54) is 0 Å². The molecule has 0 aromatic carbocycles. The van der Waals surface area contributed by atoms with E-state index >= 15 is 0 Å². The molecule has 2 amide bonds. The van der Waals surface area contributed by atoms with Gasteiger partial charge in [0.05, 0.1) is 5.92 Å². The van der Waals surface area contributed by atoms with Crippen LogP contribution in [0.15, 0.2) is 12.7 Å². The summed E-state index contributed by atoms with van der Waals surface area (Å²) >= 11 is 0. The molecule has 1 saturated heterocycles. The first-order chi connectivity index (χ1) is 5.70. The van der Waals surface area contributed by atoms with Crippen molar-refractivity contribution < 1.29 is 9.59 Å². The summed E-state index contributed by atoms with van der Waals surface area (Å²) in [5.41, 5.74) is 0. The molecule has 0 saturated carbocycles. The van der Waals surface area contributed by atoms with Crippen LogP contribution in [0.1, 0.15) is 19.8 Å². The van der Waals surface area contributed by atoms with Crippen molar-refractivity contribution in [1.29, 1.82) is 0 Å². The predicted octanol–water partition coefficient (Wildman–Crippen LogP) is 0.861. The molecular formula is C9H13NO2. The van der Waals surface area contributed by atoms with Gasteiger partial charge in [0.25, 0.3) is 0 Å². The number of hydrogen-bond donors (Lipinski definition) is 1. The number of carbonyl (C=O) groups excluding carboxylic acids is 2. The van der Waals surface area contributed by atoms with Gasteiger partial charge in [0.15, 0.2) is 0 Å². The first-order valence-electron chi connectivity index (χ1n) is 4.16. The molecule has 66 valence electrons. The van der Waals surface area contributed by atoms with Crippen LogP contribution in [0.3, 0.4) is 0 Å². The van der Waals surface area contributed by atoms with Crippen molar-refractivity contribution in [1.82, 2.24) is 5.32 Å². The van der Waals surface area contributed by atoms with Gasteiger partial charge in [-0.1, -0.05) is 13.0 Å². The number of allylic oxidation sites excluding steroid dienone is 1. The van der Waals surface area contributed by atoms with Crippen molar-refractivity contribution in [3.8, 4) is 0 Å². The van der Waals surface area contributed by atoms with Crippen molar-refractivity contribution in [2.75, 3.05) is 0 Å². The quantitative estimate of drug-likeness (QED) is 0.500. The molecule has 12 heavy (non-hydrogen) atoms. The lowest BCUT2D eigenvalue weighted by molar-refractivity contribution is -0.126. The average molecular weight is 167 g/mol. The van der Waals surface area contributed by atoms with Crippen LogP contribution >= 0.6 is 0 Å². The molecule has 1 rings (SSSR count). The zero-order chi connectivity index (χ0) is 9.14. The fourth-order valence-corrected chi connectivity index (χ4v) is 1.59. The Morgan fingerprint density at radius 1 is 1.42 bits per heavy atom. The fraction of sp³-hybridized carbons (Fsp3) is 0.556. The van der Waals surface area contributed by atoms with Gasteiger partial charge in [0, 0.05) is 5.92 Å². The average Bonchev–Trinajstić information content (AvgIpc) is 2.28. The van der Waals surface area contributed by atoms with Gasteiger partial charge in [0.2, 0.25) is 11.8 Å². The maximum atomic E-state index is 11.2. The van der Waals surface area contributed by atoms with E-state index in [9.17, 15) is 9.59 Å². The van der Waals surface area contributed by atoms with E-state index in [4.69, 9.17) is 0 Å². The Hall–Kier alpha value is -1.12. The second-order valence-corrected chi connectivity index (χ2v) is 3.00. The normalized spacial score (nSPS) is 28.8. The summed E-state index contributed by atoms with van der Waals surface area (Å²) in [4.78, 5) is 22.3. The number of rotatable bonds is 3. The van der Waals surface area contributed by atoms with E-state index in [0.29, 0.717) is 6.42 Å². The minimum atomic E-state index is -0.181. The van der Waals surface area contributed by atoms with Crippen LogP contribution in [0.25, 0.3) is 0 Å². The van der Waals surface area contributed by atoms with E-state index in [0.717, 1.165) is 6.42 Å². The molecule has 2 atom stereocenters. The summed E-state index contributed by atoms with van der Waals surface area (Å²) in [6.45, 7) is 5.48. The fourth-order valence-electron chi connectivity index (χ4n) is 1.59. The van der Waals surface area contributed by atoms with Crippen molar-refractivity contribution >= 4 is 11.8 Å². The molecule has 3 heteroatoms. The molecule has 2 unspecified atom stereocenters. The second-order valence-electron chi connectivity index (χ2n) is 3.00. The third-order valence-corrected chi connectivity index (χ3v) is 2.27. The van der Waals surface area contributed by atoms with E-state index in [-0.39, 0.29) is 23.7 Å². The van der Waals surface area contributed by atoms with Crippen LogP contribution < -0.4 is 5.32 Å². The Morgan fingerprint density at radius 3 is 2.50 bits per heavy atom. The highest BCUT2D eigenvalue weighted by Gasteiger charge is 2.38. The molecule has 0 aliphatic carbocycles. The molecular weight excluding hydrogens is 154 g/mol. The Labute approximate surface area is 71.8 Å². The molecule has 1 aliphatic heterocycles. The number of hydrogen-bond acceptors (Lipinski definition) is 2. The molecule has 1 N–H and O–H groups in total. The SMILES string of the molecule is C=CCC1C(=O)NC(=O)C1CC. The Kier molecular flexibility index (Phi) is 2.63. The summed E-state index contributed by atoms with van der Waals surface area (Å²) in [5, 5.41) is 2.33. The van der Waals surface area contributed by atoms with Gasteiger partial charge < -0.3 is 0 Å². The van der Waals surface area contributed by atoms with E-state index in [1.807, 2.05) is 6.92 Å². The number of amides is 2. The van der Waals surface area contributed by atoms with Gasteiger partial charge in [-0.25, -0.2) is 0 Å². The summed E-state index contributed by atoms with van der Waals surface area (Å²) < 4.78 is 0. The molecule has 0 bridgehead atoms. The van der Waals surface area contributed by atoms with Gasteiger partial charge in [-0.05, 0) is 12.8 Å². The van der Waals surface area contributed by atoms with Crippen molar-refractivity contribution in [3.63, 3.8) is 0 Å². The van der Waals surface area contributed by atoms with Crippen LogP contribution in [0.2, 0.25) is 0 Å². The number of imide groups is 1. The van der Waals surface area contributed by atoms with Crippen LogP contribution in [0, 0.1) is 11.8 Å². The molecule has 1 heterocycles. The third-order valence-electron chi connectivity index (χ3n) is 2.27. The molecule has 3 nitrogen and oxygen atoms in total. The lowest BCUT2D eigenvalue weighted by Crippen LogP contribution is -2.22. The molecule has 1 aliphatic rings.